The van der Waals surface area contributed by atoms with Crippen LogP contribution < -0.4 is 10.1 Å². The second-order valence-corrected chi connectivity index (χ2v) is 5.44. The van der Waals surface area contributed by atoms with Gasteiger partial charge in [-0.1, -0.05) is 12.1 Å². The van der Waals surface area contributed by atoms with Gasteiger partial charge in [-0.2, -0.15) is 0 Å². The second kappa shape index (κ2) is 8.45. The Balaban J connectivity index is 2.13. The lowest BCUT2D eigenvalue weighted by Gasteiger charge is -2.16. The maximum atomic E-state index is 13.0. The van der Waals surface area contributed by atoms with Crippen LogP contribution in [0.5, 0.6) is 5.75 Å². The van der Waals surface area contributed by atoms with E-state index in [1.54, 1.807) is 37.4 Å². The van der Waals surface area contributed by atoms with Crippen LogP contribution in [0.25, 0.3) is 0 Å². The Kier molecular flexibility index (Phi) is 6.32. The summed E-state index contributed by atoms with van der Waals surface area (Å²) in [6.07, 6.45) is 0. The lowest BCUT2D eigenvalue weighted by molar-refractivity contribution is 0.0939. The Morgan fingerprint density at radius 3 is 2.54 bits per heavy atom. The summed E-state index contributed by atoms with van der Waals surface area (Å²) >= 11 is 0. The minimum atomic E-state index is -0.298. The molecule has 0 bridgehead atoms. The van der Waals surface area contributed by atoms with Crippen LogP contribution in [-0.4, -0.2) is 19.6 Å². The summed E-state index contributed by atoms with van der Waals surface area (Å²) < 4.78 is 23.7. The normalized spacial score (nSPS) is 11.8. The molecule has 0 fully saturated rings. The number of nitrogens with one attached hydrogen (secondary N) is 1. The maximum Gasteiger partial charge on any atom is 0.251 e. The van der Waals surface area contributed by atoms with Crippen molar-refractivity contribution in [2.45, 2.75) is 26.5 Å². The molecule has 128 valence electrons. The quantitative estimate of drug-likeness (QED) is 0.838. The average Bonchev–Trinajstić information content (AvgIpc) is 2.57. The number of benzene rings is 2. The zero-order valence-electron chi connectivity index (χ0n) is 14.1. The molecule has 24 heavy (non-hydrogen) atoms. The van der Waals surface area contributed by atoms with Gasteiger partial charge in [-0.3, -0.25) is 4.79 Å². The summed E-state index contributed by atoms with van der Waals surface area (Å²) in [7, 11) is 1.60. The predicted octanol–water partition coefficient (Wildman–Crippen LogP) is 3.86. The number of amides is 1. The molecule has 0 aliphatic heterocycles. The number of hydrogen-bond acceptors (Lipinski definition) is 3. The van der Waals surface area contributed by atoms with Gasteiger partial charge in [-0.25, -0.2) is 4.39 Å². The van der Waals surface area contributed by atoms with Gasteiger partial charge >= 0.3 is 0 Å². The summed E-state index contributed by atoms with van der Waals surface area (Å²) in [6.45, 7) is 4.67. The summed E-state index contributed by atoms with van der Waals surface area (Å²) in [6, 6.07) is 11.1. The third-order valence-corrected chi connectivity index (χ3v) is 3.64. The topological polar surface area (TPSA) is 47.6 Å². The van der Waals surface area contributed by atoms with Crippen molar-refractivity contribution in [3.05, 3.63) is 65.0 Å². The van der Waals surface area contributed by atoms with E-state index < -0.39 is 0 Å². The minimum absolute atomic E-state index is 0.202. The first-order valence-corrected chi connectivity index (χ1v) is 7.86. The number of halogens is 1. The van der Waals surface area contributed by atoms with Crippen molar-refractivity contribution in [2.24, 2.45) is 0 Å². The van der Waals surface area contributed by atoms with E-state index in [0.717, 1.165) is 11.1 Å². The van der Waals surface area contributed by atoms with Crippen molar-refractivity contribution in [2.75, 3.05) is 13.7 Å². The average molecular weight is 331 g/mol. The van der Waals surface area contributed by atoms with E-state index in [4.69, 9.17) is 9.47 Å². The molecular formula is C19H22FNO3. The number of carbonyl (C=O) groups excluding carboxylic acids is 1. The zero-order chi connectivity index (χ0) is 17.5. The standard InChI is InChI=1S/C19H22FNO3/c1-4-24-18-10-7-15(11-16(18)12-23-3)19(22)21-13(2)14-5-8-17(20)9-6-14/h5-11,13H,4,12H2,1-3H3,(H,21,22)/t13-/m1/s1. The van der Waals surface area contributed by atoms with E-state index in [-0.39, 0.29) is 17.8 Å². The molecular weight excluding hydrogens is 309 g/mol. The van der Waals surface area contributed by atoms with Gasteiger partial charge in [0.2, 0.25) is 0 Å². The number of hydrogen-bond donors (Lipinski definition) is 1. The Morgan fingerprint density at radius 2 is 1.92 bits per heavy atom. The van der Waals surface area contributed by atoms with Crippen LogP contribution in [0.1, 0.15) is 41.4 Å². The van der Waals surface area contributed by atoms with Crippen LogP contribution in [0.15, 0.2) is 42.5 Å². The van der Waals surface area contributed by atoms with Gasteiger partial charge < -0.3 is 14.8 Å². The molecule has 5 heteroatoms. The molecule has 1 amide bonds. The Labute approximate surface area is 141 Å². The molecule has 0 aromatic heterocycles. The molecule has 0 saturated heterocycles. The molecule has 0 aliphatic carbocycles. The molecule has 0 radical (unpaired) electrons. The fraction of sp³-hybridized carbons (Fsp3) is 0.316. The monoisotopic (exact) mass is 331 g/mol. The van der Waals surface area contributed by atoms with Crippen molar-refractivity contribution < 1.29 is 18.7 Å². The maximum absolute atomic E-state index is 13.0. The van der Waals surface area contributed by atoms with Crippen molar-refractivity contribution in [1.29, 1.82) is 0 Å². The highest BCUT2D eigenvalue weighted by molar-refractivity contribution is 5.94. The highest BCUT2D eigenvalue weighted by atomic mass is 19.1. The lowest BCUT2D eigenvalue weighted by Crippen LogP contribution is -2.26. The van der Waals surface area contributed by atoms with E-state index in [0.29, 0.717) is 24.5 Å². The molecule has 0 heterocycles. The van der Waals surface area contributed by atoms with Gasteiger partial charge in [-0.15, -0.1) is 0 Å². The third kappa shape index (κ3) is 4.55. The van der Waals surface area contributed by atoms with Crippen LogP contribution in [0.2, 0.25) is 0 Å². The summed E-state index contributed by atoms with van der Waals surface area (Å²) in [5.74, 6) is 0.211. The van der Waals surface area contributed by atoms with Gasteiger partial charge in [0.25, 0.3) is 5.91 Å². The van der Waals surface area contributed by atoms with Crippen LogP contribution >= 0.6 is 0 Å². The second-order valence-electron chi connectivity index (χ2n) is 5.44. The highest BCUT2D eigenvalue weighted by Gasteiger charge is 2.14. The zero-order valence-corrected chi connectivity index (χ0v) is 14.1. The van der Waals surface area contributed by atoms with E-state index in [1.807, 2.05) is 13.8 Å². The van der Waals surface area contributed by atoms with E-state index in [9.17, 15) is 9.18 Å². The molecule has 1 N–H and O–H groups in total. The molecule has 2 aromatic carbocycles. The summed E-state index contributed by atoms with van der Waals surface area (Å²) in [5.41, 5.74) is 2.19. The molecule has 4 nitrogen and oxygen atoms in total. The SMILES string of the molecule is CCOc1ccc(C(=O)N[C@H](C)c2ccc(F)cc2)cc1COC. The van der Waals surface area contributed by atoms with Crippen LogP contribution in [0.3, 0.4) is 0 Å². The molecule has 0 spiro atoms. The minimum Gasteiger partial charge on any atom is -0.494 e. The summed E-state index contributed by atoms with van der Waals surface area (Å²) in [5, 5.41) is 2.91. The van der Waals surface area contributed by atoms with Crippen molar-refractivity contribution in [1.82, 2.24) is 5.32 Å². The van der Waals surface area contributed by atoms with Crippen molar-refractivity contribution in [3.63, 3.8) is 0 Å². The fourth-order valence-corrected chi connectivity index (χ4v) is 2.40. The fourth-order valence-electron chi connectivity index (χ4n) is 2.40. The van der Waals surface area contributed by atoms with Crippen molar-refractivity contribution in [3.8, 4) is 5.75 Å². The first-order valence-electron chi connectivity index (χ1n) is 7.86. The molecule has 2 aromatic rings. The molecule has 2 rings (SSSR count). The van der Waals surface area contributed by atoms with Gasteiger partial charge in [-0.05, 0) is 49.7 Å². The van der Waals surface area contributed by atoms with E-state index in [2.05, 4.69) is 5.32 Å². The van der Waals surface area contributed by atoms with Gasteiger partial charge in [0.05, 0.1) is 19.3 Å². The first-order chi connectivity index (χ1) is 11.5. The number of methoxy groups -OCH3 is 1. The first kappa shape index (κ1) is 17.9. The van der Waals surface area contributed by atoms with Gasteiger partial charge in [0, 0.05) is 18.2 Å². The van der Waals surface area contributed by atoms with Crippen LogP contribution in [0, 0.1) is 5.82 Å². The third-order valence-electron chi connectivity index (χ3n) is 3.64. The Bertz CT molecular complexity index is 686. The van der Waals surface area contributed by atoms with Gasteiger partial charge in [0.15, 0.2) is 0 Å². The number of carbonyl (C=O) groups is 1. The largest absolute Gasteiger partial charge is 0.494 e. The smallest absolute Gasteiger partial charge is 0.251 e. The summed E-state index contributed by atoms with van der Waals surface area (Å²) in [4.78, 5) is 12.5. The highest BCUT2D eigenvalue weighted by Crippen LogP contribution is 2.22. The van der Waals surface area contributed by atoms with Crippen molar-refractivity contribution >= 4 is 5.91 Å². The Morgan fingerprint density at radius 1 is 1.21 bits per heavy atom. The molecule has 0 unspecified atom stereocenters. The number of ether oxygens (including phenoxy) is 2. The van der Waals surface area contributed by atoms with Gasteiger partial charge in [0.1, 0.15) is 11.6 Å². The van der Waals surface area contributed by atoms with Crippen LogP contribution in [-0.2, 0) is 11.3 Å². The predicted molar refractivity (Wildman–Crippen MR) is 90.6 cm³/mol. The number of rotatable bonds is 7. The van der Waals surface area contributed by atoms with Crippen LogP contribution in [0.4, 0.5) is 4.39 Å². The van der Waals surface area contributed by atoms with E-state index in [1.165, 1.54) is 12.1 Å². The lowest BCUT2D eigenvalue weighted by atomic mass is 10.1. The molecule has 1 atom stereocenters. The molecule has 0 aliphatic rings. The molecule has 0 saturated carbocycles. The van der Waals surface area contributed by atoms with E-state index >= 15 is 0 Å². The Hall–Kier alpha value is -2.40.